The van der Waals surface area contributed by atoms with Gasteiger partial charge in [0.25, 0.3) is 0 Å². The molecule has 0 unspecified atom stereocenters. The summed E-state index contributed by atoms with van der Waals surface area (Å²) >= 11 is 0. The lowest BCUT2D eigenvalue weighted by atomic mass is 10.1. The summed E-state index contributed by atoms with van der Waals surface area (Å²) in [5.74, 6) is 1.40. The number of fused-ring (bicyclic) bond motifs is 1. The standard InChI is InChI=1S/C15H23N7O/c1-9(23)17-10-5-6-22(8-10)13-12-11(7-16-21-12)18-14(19-13)20-15(2,3)4/h10H,5-8H2,1-4H3,(H,17,23)(H,18,19,20)/t10-/m0/s1. The van der Waals surface area contributed by atoms with Crippen molar-refractivity contribution in [2.45, 2.75) is 52.2 Å². The number of azo groups is 1. The molecule has 0 aromatic carbocycles. The van der Waals surface area contributed by atoms with E-state index in [0.29, 0.717) is 12.5 Å². The van der Waals surface area contributed by atoms with Gasteiger partial charge in [-0.1, -0.05) is 0 Å². The van der Waals surface area contributed by atoms with Crippen molar-refractivity contribution in [3.63, 3.8) is 0 Å². The van der Waals surface area contributed by atoms with E-state index < -0.39 is 0 Å². The third-order valence-corrected chi connectivity index (χ3v) is 3.71. The van der Waals surface area contributed by atoms with Gasteiger partial charge in [-0.15, -0.1) is 5.11 Å². The maximum Gasteiger partial charge on any atom is 0.225 e. The molecule has 1 aromatic rings. The Bertz CT molecular complexity index is 650. The van der Waals surface area contributed by atoms with E-state index in [1.165, 1.54) is 0 Å². The van der Waals surface area contributed by atoms with Crippen molar-refractivity contribution in [2.75, 3.05) is 23.3 Å². The van der Waals surface area contributed by atoms with Gasteiger partial charge in [0, 0.05) is 31.6 Å². The number of rotatable bonds is 3. The summed E-state index contributed by atoms with van der Waals surface area (Å²) in [7, 11) is 0. The zero-order valence-electron chi connectivity index (χ0n) is 14.1. The highest BCUT2D eigenvalue weighted by atomic mass is 16.1. The summed E-state index contributed by atoms with van der Waals surface area (Å²) in [4.78, 5) is 22.6. The van der Waals surface area contributed by atoms with Crippen LogP contribution in [0.4, 0.5) is 17.5 Å². The first kappa shape index (κ1) is 15.6. The molecule has 8 heteroatoms. The van der Waals surface area contributed by atoms with Gasteiger partial charge in [-0.3, -0.25) is 4.79 Å². The minimum Gasteiger partial charge on any atom is -0.352 e. The molecule has 3 heterocycles. The maximum absolute atomic E-state index is 11.2. The van der Waals surface area contributed by atoms with Crippen molar-refractivity contribution in [3.05, 3.63) is 5.69 Å². The molecule has 1 fully saturated rings. The van der Waals surface area contributed by atoms with E-state index >= 15 is 0 Å². The smallest absolute Gasteiger partial charge is 0.225 e. The van der Waals surface area contributed by atoms with Crippen LogP contribution in [0.1, 0.15) is 39.8 Å². The third kappa shape index (κ3) is 3.57. The van der Waals surface area contributed by atoms with E-state index in [1.54, 1.807) is 6.92 Å². The highest BCUT2D eigenvalue weighted by Crippen LogP contribution is 2.37. The molecule has 1 aromatic heterocycles. The summed E-state index contributed by atoms with van der Waals surface area (Å²) in [5.41, 5.74) is 1.49. The predicted octanol–water partition coefficient (Wildman–Crippen LogP) is 2.00. The van der Waals surface area contributed by atoms with Gasteiger partial charge in [0.2, 0.25) is 11.9 Å². The monoisotopic (exact) mass is 317 g/mol. The number of anilines is 2. The van der Waals surface area contributed by atoms with E-state index in [0.717, 1.165) is 36.7 Å². The SMILES string of the molecule is CC(=O)N[C@H]1CCN(c2nc(NC(C)(C)C)nc3c2N=NC3)C1. The molecule has 0 aliphatic carbocycles. The fourth-order valence-corrected chi connectivity index (χ4v) is 2.84. The van der Waals surface area contributed by atoms with Crippen molar-refractivity contribution in [3.8, 4) is 0 Å². The Labute approximate surface area is 135 Å². The fourth-order valence-electron chi connectivity index (χ4n) is 2.84. The minimum absolute atomic E-state index is 0.000424. The fraction of sp³-hybridized carbons (Fsp3) is 0.667. The number of carbonyl (C=O) groups excluding carboxylic acids is 1. The summed E-state index contributed by atoms with van der Waals surface area (Å²) in [5, 5.41) is 14.6. The molecule has 2 N–H and O–H groups in total. The molecule has 1 amide bonds. The van der Waals surface area contributed by atoms with Crippen LogP contribution in [-0.4, -0.2) is 40.5 Å². The van der Waals surface area contributed by atoms with Gasteiger partial charge in [-0.05, 0) is 27.2 Å². The van der Waals surface area contributed by atoms with Crippen molar-refractivity contribution in [1.82, 2.24) is 15.3 Å². The van der Waals surface area contributed by atoms with E-state index in [9.17, 15) is 4.79 Å². The van der Waals surface area contributed by atoms with Gasteiger partial charge in [0.1, 0.15) is 6.54 Å². The van der Waals surface area contributed by atoms with Gasteiger partial charge in [-0.25, -0.2) is 4.98 Å². The Morgan fingerprint density at radius 3 is 2.78 bits per heavy atom. The molecule has 124 valence electrons. The van der Waals surface area contributed by atoms with Gasteiger partial charge >= 0.3 is 0 Å². The Balaban J connectivity index is 1.86. The van der Waals surface area contributed by atoms with Crippen LogP contribution in [0.3, 0.4) is 0 Å². The Morgan fingerprint density at radius 2 is 2.09 bits per heavy atom. The summed E-state index contributed by atoms with van der Waals surface area (Å²) in [6.45, 7) is 9.81. The molecule has 8 nitrogen and oxygen atoms in total. The Hall–Kier alpha value is -2.25. The molecular formula is C15H23N7O. The van der Waals surface area contributed by atoms with Crippen LogP contribution in [0.5, 0.6) is 0 Å². The molecule has 2 aliphatic heterocycles. The second-order valence-corrected chi connectivity index (χ2v) is 7.07. The molecule has 23 heavy (non-hydrogen) atoms. The number of nitrogens with one attached hydrogen (secondary N) is 2. The molecule has 1 saturated heterocycles. The zero-order chi connectivity index (χ0) is 16.6. The summed E-state index contributed by atoms with van der Waals surface area (Å²) in [6, 6.07) is 0.149. The molecule has 3 rings (SSSR count). The van der Waals surface area contributed by atoms with Crippen molar-refractivity contribution < 1.29 is 4.79 Å². The zero-order valence-corrected chi connectivity index (χ0v) is 14.1. The second kappa shape index (κ2) is 5.75. The normalized spacial score (nSPS) is 19.8. The first-order chi connectivity index (χ1) is 10.8. The van der Waals surface area contributed by atoms with E-state index in [4.69, 9.17) is 0 Å². The number of hydrogen-bond donors (Lipinski definition) is 2. The van der Waals surface area contributed by atoms with E-state index in [2.05, 4.69) is 56.5 Å². The lowest BCUT2D eigenvalue weighted by Gasteiger charge is -2.24. The molecule has 0 spiro atoms. The molecule has 0 saturated carbocycles. The van der Waals surface area contributed by atoms with Gasteiger partial charge in [0.15, 0.2) is 11.5 Å². The Morgan fingerprint density at radius 1 is 1.30 bits per heavy atom. The largest absolute Gasteiger partial charge is 0.352 e. The quantitative estimate of drug-likeness (QED) is 0.889. The lowest BCUT2D eigenvalue weighted by molar-refractivity contribution is -0.119. The van der Waals surface area contributed by atoms with Crippen LogP contribution in [0.15, 0.2) is 10.2 Å². The first-order valence-electron chi connectivity index (χ1n) is 7.90. The number of aromatic nitrogens is 2. The number of hydrogen-bond acceptors (Lipinski definition) is 7. The molecule has 1 atom stereocenters. The van der Waals surface area contributed by atoms with Crippen LogP contribution in [0, 0.1) is 0 Å². The first-order valence-corrected chi connectivity index (χ1v) is 7.90. The highest BCUT2D eigenvalue weighted by molar-refractivity contribution is 5.74. The van der Waals surface area contributed by atoms with Crippen LogP contribution in [-0.2, 0) is 11.3 Å². The van der Waals surface area contributed by atoms with Crippen molar-refractivity contribution >= 4 is 23.4 Å². The van der Waals surface area contributed by atoms with Crippen LogP contribution in [0.2, 0.25) is 0 Å². The van der Waals surface area contributed by atoms with E-state index in [-0.39, 0.29) is 17.5 Å². The average molecular weight is 317 g/mol. The summed E-state index contributed by atoms with van der Waals surface area (Å²) < 4.78 is 0. The number of amides is 1. The molecule has 2 aliphatic rings. The van der Waals surface area contributed by atoms with Crippen LogP contribution >= 0.6 is 0 Å². The topological polar surface area (TPSA) is 94.9 Å². The third-order valence-electron chi connectivity index (χ3n) is 3.71. The number of nitrogens with zero attached hydrogens (tertiary/aromatic N) is 5. The Kier molecular flexibility index (Phi) is 3.91. The molecular weight excluding hydrogens is 294 g/mol. The second-order valence-electron chi connectivity index (χ2n) is 7.07. The lowest BCUT2D eigenvalue weighted by Crippen LogP contribution is -2.36. The average Bonchev–Trinajstić information content (AvgIpc) is 3.03. The molecule has 0 radical (unpaired) electrons. The molecule has 0 bridgehead atoms. The van der Waals surface area contributed by atoms with Crippen molar-refractivity contribution in [1.29, 1.82) is 0 Å². The van der Waals surface area contributed by atoms with E-state index in [1.807, 2.05) is 0 Å². The highest BCUT2D eigenvalue weighted by Gasteiger charge is 2.29. The van der Waals surface area contributed by atoms with Gasteiger partial charge < -0.3 is 15.5 Å². The van der Waals surface area contributed by atoms with Gasteiger partial charge in [0.05, 0.1) is 5.69 Å². The summed E-state index contributed by atoms with van der Waals surface area (Å²) in [6.07, 6.45) is 0.900. The van der Waals surface area contributed by atoms with Gasteiger partial charge in [-0.2, -0.15) is 10.1 Å². The van der Waals surface area contributed by atoms with Crippen LogP contribution < -0.4 is 15.5 Å². The maximum atomic E-state index is 11.2. The number of carbonyl (C=O) groups is 1. The van der Waals surface area contributed by atoms with Crippen molar-refractivity contribution in [2.24, 2.45) is 10.2 Å². The minimum atomic E-state index is -0.123. The predicted molar refractivity (Wildman–Crippen MR) is 88.1 cm³/mol. The van der Waals surface area contributed by atoms with Crippen LogP contribution in [0.25, 0.3) is 0 Å².